The lowest BCUT2D eigenvalue weighted by Crippen LogP contribution is -1.98. The summed E-state index contributed by atoms with van der Waals surface area (Å²) >= 11 is 1.82. The summed E-state index contributed by atoms with van der Waals surface area (Å²) in [6.07, 6.45) is 0. The van der Waals surface area contributed by atoms with Crippen LogP contribution in [0.5, 0.6) is 0 Å². The van der Waals surface area contributed by atoms with Gasteiger partial charge >= 0.3 is 0 Å². The Morgan fingerprint density at radius 2 is 1.35 bits per heavy atom. The second-order valence-corrected chi connectivity index (χ2v) is 6.02. The molecule has 2 radical (unpaired) electrons. The van der Waals surface area contributed by atoms with Crippen molar-refractivity contribution >= 4 is 44.8 Å². The first-order valence-electron chi connectivity index (χ1n) is 6.58. The van der Waals surface area contributed by atoms with Crippen molar-refractivity contribution in [2.75, 3.05) is 0 Å². The van der Waals surface area contributed by atoms with Crippen LogP contribution in [-0.2, 0) is 0 Å². The Morgan fingerprint density at radius 3 is 2.15 bits per heavy atom. The van der Waals surface area contributed by atoms with Gasteiger partial charge in [-0.3, -0.25) is 0 Å². The largest absolute Gasteiger partial charge is 0.135 e. The first-order valence-corrected chi connectivity index (χ1v) is 7.40. The van der Waals surface area contributed by atoms with Crippen LogP contribution in [0, 0.1) is 0 Å². The van der Waals surface area contributed by atoms with Gasteiger partial charge in [0.05, 0.1) is 0 Å². The minimum Gasteiger partial charge on any atom is -0.135 e. The van der Waals surface area contributed by atoms with Crippen molar-refractivity contribution in [2.24, 2.45) is 0 Å². The molecule has 4 rings (SSSR count). The van der Waals surface area contributed by atoms with E-state index >= 15 is 0 Å². The number of fused-ring (bicyclic) bond motifs is 3. The van der Waals surface area contributed by atoms with E-state index in [-0.39, 0.29) is 0 Å². The van der Waals surface area contributed by atoms with E-state index < -0.39 is 0 Å². The Bertz CT molecular complexity index is 907. The van der Waals surface area contributed by atoms with Crippen molar-refractivity contribution in [3.05, 3.63) is 66.7 Å². The monoisotopic (exact) mass is 270 g/mol. The van der Waals surface area contributed by atoms with Gasteiger partial charge in [-0.2, -0.15) is 0 Å². The van der Waals surface area contributed by atoms with E-state index in [1.165, 1.54) is 31.3 Å². The van der Waals surface area contributed by atoms with Crippen LogP contribution in [0.15, 0.2) is 66.7 Å². The van der Waals surface area contributed by atoms with Gasteiger partial charge in [-0.15, -0.1) is 11.3 Å². The molecule has 0 aliphatic heterocycles. The second-order valence-electron chi connectivity index (χ2n) is 4.93. The van der Waals surface area contributed by atoms with Crippen LogP contribution >= 0.6 is 11.3 Å². The summed E-state index contributed by atoms with van der Waals surface area (Å²) in [7, 11) is 5.93. The molecule has 92 valence electrons. The Morgan fingerprint density at radius 1 is 0.650 bits per heavy atom. The standard InChI is InChI=1S/C18H11BS/c19-14-7-9-18-16(11-14)15-10-13(6-8-17(15)20-18)12-4-2-1-3-5-12/h1-11H. The first-order chi connectivity index (χ1) is 9.81. The second kappa shape index (κ2) is 4.50. The minimum atomic E-state index is 0.822. The lowest BCUT2D eigenvalue weighted by molar-refractivity contribution is 1.66. The highest BCUT2D eigenvalue weighted by atomic mass is 32.1. The maximum atomic E-state index is 5.93. The third-order valence-electron chi connectivity index (χ3n) is 3.60. The first kappa shape index (κ1) is 11.7. The summed E-state index contributed by atoms with van der Waals surface area (Å²) < 4.78 is 2.60. The molecule has 2 heteroatoms. The van der Waals surface area contributed by atoms with E-state index in [0.29, 0.717) is 0 Å². The van der Waals surface area contributed by atoms with Crippen molar-refractivity contribution in [2.45, 2.75) is 0 Å². The van der Waals surface area contributed by atoms with Crippen molar-refractivity contribution in [1.82, 2.24) is 0 Å². The molecule has 0 bridgehead atoms. The molecule has 0 nitrogen and oxygen atoms in total. The summed E-state index contributed by atoms with van der Waals surface area (Å²) in [5.41, 5.74) is 3.32. The van der Waals surface area contributed by atoms with Gasteiger partial charge in [-0.05, 0) is 34.7 Å². The SMILES string of the molecule is [B]c1ccc2sc3ccc(-c4ccccc4)cc3c2c1. The topological polar surface area (TPSA) is 0 Å². The minimum absolute atomic E-state index is 0.822. The fraction of sp³-hybridized carbons (Fsp3) is 0. The highest BCUT2D eigenvalue weighted by Gasteiger charge is 2.06. The molecule has 0 atom stereocenters. The summed E-state index contributed by atoms with van der Waals surface area (Å²) in [5.74, 6) is 0. The third-order valence-corrected chi connectivity index (χ3v) is 4.75. The van der Waals surface area contributed by atoms with E-state index in [1.807, 2.05) is 23.5 Å². The fourth-order valence-corrected chi connectivity index (χ4v) is 3.67. The number of benzene rings is 3. The summed E-state index contributed by atoms with van der Waals surface area (Å²) in [6, 6.07) is 23.3. The van der Waals surface area contributed by atoms with Gasteiger partial charge in [0, 0.05) is 14.8 Å². The number of hydrogen-bond acceptors (Lipinski definition) is 1. The molecule has 0 aliphatic rings. The van der Waals surface area contributed by atoms with Gasteiger partial charge in [-0.1, -0.05) is 54.0 Å². The quantitative estimate of drug-likeness (QED) is 0.446. The predicted octanol–water partition coefficient (Wildman–Crippen LogP) is 4.52. The van der Waals surface area contributed by atoms with Gasteiger partial charge in [0.1, 0.15) is 7.85 Å². The van der Waals surface area contributed by atoms with Crippen LogP contribution < -0.4 is 5.46 Å². The maximum absolute atomic E-state index is 5.93. The molecule has 0 amide bonds. The molecule has 0 N–H and O–H groups in total. The van der Waals surface area contributed by atoms with Gasteiger partial charge in [0.2, 0.25) is 0 Å². The van der Waals surface area contributed by atoms with Crippen LogP contribution in [0.2, 0.25) is 0 Å². The highest BCUT2D eigenvalue weighted by Crippen LogP contribution is 2.35. The maximum Gasteiger partial charge on any atom is 0.113 e. The van der Waals surface area contributed by atoms with Gasteiger partial charge < -0.3 is 0 Å². The molecule has 1 heterocycles. The Labute approximate surface area is 123 Å². The van der Waals surface area contributed by atoms with E-state index in [1.54, 1.807) is 0 Å². The summed E-state index contributed by atoms with van der Waals surface area (Å²) in [4.78, 5) is 0. The molecule has 0 unspecified atom stereocenters. The molecule has 0 spiro atoms. The number of thiophene rings is 1. The summed E-state index contributed by atoms with van der Waals surface area (Å²) in [6.45, 7) is 0. The Kier molecular flexibility index (Phi) is 2.64. The predicted molar refractivity (Wildman–Crippen MR) is 90.2 cm³/mol. The number of rotatable bonds is 1. The van der Waals surface area contributed by atoms with Gasteiger partial charge in [0.25, 0.3) is 0 Å². The zero-order valence-corrected chi connectivity index (χ0v) is 11.7. The van der Waals surface area contributed by atoms with Crippen LogP contribution in [0.3, 0.4) is 0 Å². The zero-order chi connectivity index (χ0) is 13.5. The van der Waals surface area contributed by atoms with Crippen molar-refractivity contribution in [3.63, 3.8) is 0 Å². The molecule has 20 heavy (non-hydrogen) atoms. The molecular weight excluding hydrogens is 259 g/mol. The van der Waals surface area contributed by atoms with E-state index in [0.717, 1.165) is 5.46 Å². The van der Waals surface area contributed by atoms with Crippen molar-refractivity contribution in [3.8, 4) is 11.1 Å². The third kappa shape index (κ3) is 1.84. The molecule has 0 saturated carbocycles. The molecule has 3 aromatic carbocycles. The Hall–Kier alpha value is -2.06. The average Bonchev–Trinajstić information content (AvgIpc) is 2.85. The average molecular weight is 270 g/mol. The van der Waals surface area contributed by atoms with Gasteiger partial charge in [-0.25, -0.2) is 0 Å². The van der Waals surface area contributed by atoms with Crippen LogP contribution in [0.25, 0.3) is 31.3 Å². The molecule has 0 aliphatic carbocycles. The Balaban J connectivity index is 2.03. The van der Waals surface area contributed by atoms with E-state index in [9.17, 15) is 0 Å². The molecular formula is C18H11BS. The van der Waals surface area contributed by atoms with E-state index in [2.05, 4.69) is 54.6 Å². The summed E-state index contributed by atoms with van der Waals surface area (Å²) in [5, 5.41) is 2.54. The van der Waals surface area contributed by atoms with Crippen LogP contribution in [0.1, 0.15) is 0 Å². The highest BCUT2D eigenvalue weighted by molar-refractivity contribution is 7.25. The fourth-order valence-electron chi connectivity index (χ4n) is 2.61. The molecule has 4 aromatic rings. The van der Waals surface area contributed by atoms with Gasteiger partial charge in [0.15, 0.2) is 0 Å². The van der Waals surface area contributed by atoms with Crippen LogP contribution in [0.4, 0.5) is 0 Å². The number of hydrogen-bond donors (Lipinski definition) is 0. The normalized spacial score (nSPS) is 11.2. The molecule has 1 aromatic heterocycles. The van der Waals surface area contributed by atoms with Crippen molar-refractivity contribution in [1.29, 1.82) is 0 Å². The van der Waals surface area contributed by atoms with Crippen LogP contribution in [-0.4, -0.2) is 7.85 Å². The smallest absolute Gasteiger partial charge is 0.113 e. The molecule has 0 saturated heterocycles. The molecule has 0 fully saturated rings. The zero-order valence-electron chi connectivity index (χ0n) is 10.8. The van der Waals surface area contributed by atoms with E-state index in [4.69, 9.17) is 7.85 Å². The lowest BCUT2D eigenvalue weighted by atomic mass is 9.94. The lowest BCUT2D eigenvalue weighted by Gasteiger charge is -2.02. The van der Waals surface area contributed by atoms with Crippen molar-refractivity contribution < 1.29 is 0 Å².